The van der Waals surface area contributed by atoms with E-state index in [1.165, 1.54) is 33.1 Å². The first-order valence-electron chi connectivity index (χ1n) is 6.36. The molecule has 1 aliphatic rings. The van der Waals surface area contributed by atoms with Gasteiger partial charge in [0, 0.05) is 16.2 Å². The maximum absolute atomic E-state index is 3.66. The Morgan fingerprint density at radius 1 is 0.944 bits per heavy atom. The lowest BCUT2D eigenvalue weighted by atomic mass is 10.1. The van der Waals surface area contributed by atoms with Crippen LogP contribution in [-0.4, -0.2) is 6.04 Å². The smallest absolute Gasteiger partial charge is 0.0208 e. The Labute approximate surface area is 122 Å². The quantitative estimate of drug-likeness (QED) is 0.836. The van der Waals surface area contributed by atoms with Gasteiger partial charge in [-0.3, -0.25) is 0 Å². The van der Waals surface area contributed by atoms with Crippen molar-refractivity contribution in [3.8, 4) is 0 Å². The molecule has 92 valence electrons. The van der Waals surface area contributed by atoms with Gasteiger partial charge in [-0.2, -0.15) is 0 Å². The van der Waals surface area contributed by atoms with Crippen LogP contribution in [0, 0.1) is 3.57 Å². The molecule has 2 aromatic rings. The summed E-state index contributed by atoms with van der Waals surface area (Å²) in [5.74, 6) is 0. The number of nitrogens with one attached hydrogen (secondary N) is 1. The lowest BCUT2D eigenvalue weighted by Gasteiger charge is -2.11. The molecule has 0 amide bonds. The number of rotatable bonds is 3. The van der Waals surface area contributed by atoms with Crippen molar-refractivity contribution in [2.45, 2.75) is 25.4 Å². The van der Waals surface area contributed by atoms with Gasteiger partial charge in [0.25, 0.3) is 0 Å². The van der Waals surface area contributed by atoms with E-state index in [0.717, 1.165) is 6.54 Å². The fraction of sp³-hybridized carbons (Fsp3) is 0.250. The van der Waals surface area contributed by atoms with Gasteiger partial charge in [0.1, 0.15) is 0 Å². The first-order chi connectivity index (χ1) is 8.81. The normalized spacial score (nSPS) is 14.7. The highest BCUT2D eigenvalue weighted by molar-refractivity contribution is 14.1. The lowest BCUT2D eigenvalue weighted by Crippen LogP contribution is -2.28. The third-order valence-electron chi connectivity index (χ3n) is 3.56. The maximum Gasteiger partial charge on any atom is 0.0208 e. The molecule has 0 saturated heterocycles. The van der Waals surface area contributed by atoms with E-state index in [2.05, 4.69) is 76.4 Å². The van der Waals surface area contributed by atoms with Crippen molar-refractivity contribution in [1.29, 1.82) is 0 Å². The van der Waals surface area contributed by atoms with Crippen LogP contribution in [0.25, 0.3) is 0 Å². The minimum absolute atomic E-state index is 0.599. The fourth-order valence-electron chi connectivity index (χ4n) is 2.57. The molecule has 0 aliphatic heterocycles. The van der Waals surface area contributed by atoms with Gasteiger partial charge in [0.05, 0.1) is 0 Å². The van der Waals surface area contributed by atoms with Crippen molar-refractivity contribution in [3.05, 3.63) is 68.8 Å². The molecule has 0 bridgehead atoms. The van der Waals surface area contributed by atoms with Crippen molar-refractivity contribution >= 4 is 22.6 Å². The summed E-state index contributed by atoms with van der Waals surface area (Å²) in [6, 6.07) is 18.1. The van der Waals surface area contributed by atoms with E-state index >= 15 is 0 Å². The predicted octanol–water partition coefficient (Wildman–Crippen LogP) is 3.55. The van der Waals surface area contributed by atoms with Crippen LogP contribution >= 0.6 is 22.6 Å². The van der Waals surface area contributed by atoms with E-state index in [-0.39, 0.29) is 0 Å². The van der Waals surface area contributed by atoms with Gasteiger partial charge in [0.15, 0.2) is 0 Å². The summed E-state index contributed by atoms with van der Waals surface area (Å²) in [6.45, 7) is 0.968. The summed E-state index contributed by atoms with van der Waals surface area (Å²) in [5, 5.41) is 3.66. The van der Waals surface area contributed by atoms with Crippen LogP contribution in [0.5, 0.6) is 0 Å². The minimum Gasteiger partial charge on any atom is -0.309 e. The van der Waals surface area contributed by atoms with E-state index < -0.39 is 0 Å². The zero-order valence-corrected chi connectivity index (χ0v) is 12.4. The maximum atomic E-state index is 3.66. The lowest BCUT2D eigenvalue weighted by molar-refractivity contribution is 0.533. The highest BCUT2D eigenvalue weighted by Gasteiger charge is 2.19. The molecule has 18 heavy (non-hydrogen) atoms. The van der Waals surface area contributed by atoms with Gasteiger partial charge in [-0.25, -0.2) is 0 Å². The zero-order chi connectivity index (χ0) is 12.4. The molecule has 0 fully saturated rings. The average Bonchev–Trinajstić information content (AvgIpc) is 2.81. The largest absolute Gasteiger partial charge is 0.309 e. The third kappa shape index (κ3) is 2.75. The number of fused-ring (bicyclic) bond motifs is 1. The molecule has 1 N–H and O–H groups in total. The predicted molar refractivity (Wildman–Crippen MR) is 83.6 cm³/mol. The Hall–Kier alpha value is -0.870. The van der Waals surface area contributed by atoms with Crippen LogP contribution in [0.15, 0.2) is 48.5 Å². The first-order valence-corrected chi connectivity index (χ1v) is 7.44. The second-order valence-electron chi connectivity index (χ2n) is 4.88. The summed E-state index contributed by atoms with van der Waals surface area (Å²) in [5.41, 5.74) is 4.39. The Bertz CT molecular complexity index is 508. The van der Waals surface area contributed by atoms with E-state index in [1.807, 2.05) is 0 Å². The van der Waals surface area contributed by atoms with Gasteiger partial charge in [-0.15, -0.1) is 0 Å². The van der Waals surface area contributed by atoms with Crippen LogP contribution in [0.2, 0.25) is 0 Å². The Balaban J connectivity index is 1.58. The molecule has 0 heterocycles. The number of hydrogen-bond acceptors (Lipinski definition) is 1. The van der Waals surface area contributed by atoms with Crippen LogP contribution in [0.1, 0.15) is 16.7 Å². The Morgan fingerprint density at radius 2 is 1.56 bits per heavy atom. The van der Waals surface area contributed by atoms with Crippen molar-refractivity contribution in [3.63, 3.8) is 0 Å². The number of halogens is 1. The topological polar surface area (TPSA) is 12.0 Å². The van der Waals surface area contributed by atoms with Crippen LogP contribution in [-0.2, 0) is 19.4 Å². The molecular weight excluding hydrogens is 333 g/mol. The van der Waals surface area contributed by atoms with Gasteiger partial charge in [0.2, 0.25) is 0 Å². The standard InChI is InChI=1S/C16H16IN/c17-15-7-5-12(6-8-15)11-18-16-9-13-3-1-2-4-14(13)10-16/h1-8,16,18H,9-11H2. The second-order valence-corrected chi connectivity index (χ2v) is 6.13. The molecular formula is C16H16IN. The molecule has 3 rings (SSSR count). The zero-order valence-electron chi connectivity index (χ0n) is 10.2. The van der Waals surface area contributed by atoms with Gasteiger partial charge in [-0.05, 0) is 64.3 Å². The van der Waals surface area contributed by atoms with Gasteiger partial charge < -0.3 is 5.32 Å². The molecule has 1 nitrogen and oxygen atoms in total. The summed E-state index contributed by atoms with van der Waals surface area (Å²) >= 11 is 2.34. The van der Waals surface area contributed by atoms with E-state index in [9.17, 15) is 0 Å². The molecule has 2 aromatic carbocycles. The molecule has 0 saturated carbocycles. The summed E-state index contributed by atoms with van der Waals surface area (Å²) in [4.78, 5) is 0. The number of benzene rings is 2. The second kappa shape index (κ2) is 5.41. The van der Waals surface area contributed by atoms with Gasteiger partial charge >= 0.3 is 0 Å². The summed E-state index contributed by atoms with van der Waals surface area (Å²) in [6.07, 6.45) is 2.33. The molecule has 0 unspecified atom stereocenters. The highest BCUT2D eigenvalue weighted by atomic mass is 127. The van der Waals surface area contributed by atoms with Crippen molar-refractivity contribution in [2.24, 2.45) is 0 Å². The van der Waals surface area contributed by atoms with Crippen molar-refractivity contribution in [2.75, 3.05) is 0 Å². The fourth-order valence-corrected chi connectivity index (χ4v) is 2.93. The Kier molecular flexibility index (Phi) is 3.66. The van der Waals surface area contributed by atoms with Crippen LogP contribution < -0.4 is 5.32 Å². The molecule has 0 radical (unpaired) electrons. The van der Waals surface area contributed by atoms with E-state index in [1.54, 1.807) is 0 Å². The van der Waals surface area contributed by atoms with E-state index in [4.69, 9.17) is 0 Å². The highest BCUT2D eigenvalue weighted by Crippen LogP contribution is 2.21. The first kappa shape index (κ1) is 12.2. The summed E-state index contributed by atoms with van der Waals surface area (Å²) in [7, 11) is 0. The van der Waals surface area contributed by atoms with Crippen LogP contribution in [0.3, 0.4) is 0 Å². The molecule has 0 atom stereocenters. The monoisotopic (exact) mass is 349 g/mol. The average molecular weight is 349 g/mol. The molecule has 0 spiro atoms. The van der Waals surface area contributed by atoms with Crippen molar-refractivity contribution in [1.82, 2.24) is 5.32 Å². The molecule has 1 aliphatic carbocycles. The number of hydrogen-bond donors (Lipinski definition) is 1. The van der Waals surface area contributed by atoms with Crippen LogP contribution in [0.4, 0.5) is 0 Å². The minimum atomic E-state index is 0.599. The van der Waals surface area contributed by atoms with Gasteiger partial charge in [-0.1, -0.05) is 36.4 Å². The molecule has 0 aromatic heterocycles. The summed E-state index contributed by atoms with van der Waals surface area (Å²) < 4.78 is 1.30. The Morgan fingerprint density at radius 3 is 2.17 bits per heavy atom. The third-order valence-corrected chi connectivity index (χ3v) is 4.28. The van der Waals surface area contributed by atoms with Crippen molar-refractivity contribution < 1.29 is 0 Å². The molecule has 2 heteroatoms. The SMILES string of the molecule is Ic1ccc(CNC2Cc3ccccc3C2)cc1. The van der Waals surface area contributed by atoms with E-state index in [0.29, 0.717) is 6.04 Å².